The van der Waals surface area contributed by atoms with E-state index >= 15 is 0 Å². The van der Waals surface area contributed by atoms with Crippen LogP contribution in [0.25, 0.3) is 16.6 Å². The number of hydrogen-bond donors (Lipinski definition) is 1. The Morgan fingerprint density at radius 3 is 2.45 bits per heavy atom. The predicted molar refractivity (Wildman–Crippen MR) is 124 cm³/mol. The third-order valence-corrected chi connectivity index (χ3v) is 5.37. The minimum Gasteiger partial charge on any atom is -0.326 e. The molecule has 0 aliphatic heterocycles. The van der Waals surface area contributed by atoms with Gasteiger partial charge in [-0.05, 0) is 49.2 Å². The van der Waals surface area contributed by atoms with Crippen molar-refractivity contribution in [1.29, 1.82) is 0 Å². The van der Waals surface area contributed by atoms with E-state index in [1.54, 1.807) is 18.2 Å². The standard InChI is InChI=1S/C26H25F2N3/c1-17(2)19-11-14-24-23(15-19)30-25(29-21-12-9-18(3)10-13-21)31(24)16-20-7-5-6-8-22(20)26(4,27)28/h5-15H,1,16H2,2-4H3,(H,29,30). The molecule has 5 heteroatoms. The molecule has 31 heavy (non-hydrogen) atoms. The number of rotatable bonds is 6. The van der Waals surface area contributed by atoms with Gasteiger partial charge in [0.25, 0.3) is 5.92 Å². The molecule has 0 aliphatic rings. The number of allylic oxidation sites excluding steroid dienone is 1. The number of aryl methyl sites for hydroxylation is 1. The van der Waals surface area contributed by atoms with Gasteiger partial charge in [0.2, 0.25) is 5.95 Å². The first-order valence-corrected chi connectivity index (χ1v) is 10.2. The number of fused-ring (bicyclic) bond motifs is 1. The van der Waals surface area contributed by atoms with Crippen LogP contribution in [0.2, 0.25) is 0 Å². The molecule has 0 radical (unpaired) electrons. The summed E-state index contributed by atoms with van der Waals surface area (Å²) in [7, 11) is 0. The maximum Gasteiger partial charge on any atom is 0.270 e. The lowest BCUT2D eigenvalue weighted by Crippen LogP contribution is -2.13. The van der Waals surface area contributed by atoms with Crippen LogP contribution in [0.5, 0.6) is 0 Å². The summed E-state index contributed by atoms with van der Waals surface area (Å²) < 4.78 is 30.4. The van der Waals surface area contributed by atoms with Crippen LogP contribution >= 0.6 is 0 Å². The molecule has 0 atom stereocenters. The van der Waals surface area contributed by atoms with E-state index in [1.807, 2.05) is 60.9 Å². The quantitative estimate of drug-likeness (QED) is 0.357. The van der Waals surface area contributed by atoms with E-state index in [-0.39, 0.29) is 12.1 Å². The highest BCUT2D eigenvalue weighted by atomic mass is 19.3. The van der Waals surface area contributed by atoms with Crippen molar-refractivity contribution >= 4 is 28.2 Å². The van der Waals surface area contributed by atoms with Gasteiger partial charge >= 0.3 is 0 Å². The van der Waals surface area contributed by atoms with Crippen LogP contribution in [0.3, 0.4) is 0 Å². The van der Waals surface area contributed by atoms with Crippen LogP contribution in [0.4, 0.5) is 20.4 Å². The van der Waals surface area contributed by atoms with Crippen molar-refractivity contribution in [3.8, 4) is 0 Å². The normalized spacial score (nSPS) is 11.6. The molecule has 1 aromatic heterocycles. The highest BCUT2D eigenvalue weighted by molar-refractivity contribution is 5.83. The number of anilines is 2. The van der Waals surface area contributed by atoms with Gasteiger partial charge in [0.05, 0.1) is 17.6 Å². The maximum atomic E-state index is 14.2. The number of alkyl halides is 2. The molecule has 0 unspecified atom stereocenters. The van der Waals surface area contributed by atoms with Crippen LogP contribution in [0.1, 0.15) is 36.1 Å². The first kappa shape index (κ1) is 20.8. The van der Waals surface area contributed by atoms with Crippen molar-refractivity contribution < 1.29 is 8.78 Å². The number of nitrogens with zero attached hydrogens (tertiary/aromatic N) is 2. The Hall–Kier alpha value is -3.47. The van der Waals surface area contributed by atoms with Crippen LogP contribution < -0.4 is 5.32 Å². The molecular weight excluding hydrogens is 392 g/mol. The summed E-state index contributed by atoms with van der Waals surface area (Å²) in [5.41, 5.74) is 6.23. The smallest absolute Gasteiger partial charge is 0.270 e. The summed E-state index contributed by atoms with van der Waals surface area (Å²) in [6.07, 6.45) is 0. The lowest BCUT2D eigenvalue weighted by Gasteiger charge is -2.18. The number of imidazole rings is 1. The molecule has 0 spiro atoms. The first-order chi connectivity index (χ1) is 14.7. The number of benzene rings is 3. The Morgan fingerprint density at radius 2 is 1.77 bits per heavy atom. The summed E-state index contributed by atoms with van der Waals surface area (Å²) in [5, 5.41) is 3.36. The first-order valence-electron chi connectivity index (χ1n) is 10.2. The third-order valence-electron chi connectivity index (χ3n) is 5.37. The Balaban J connectivity index is 1.84. The van der Waals surface area contributed by atoms with E-state index in [4.69, 9.17) is 4.98 Å². The van der Waals surface area contributed by atoms with E-state index in [1.165, 1.54) is 6.07 Å². The fourth-order valence-electron chi connectivity index (χ4n) is 3.67. The van der Waals surface area contributed by atoms with E-state index in [9.17, 15) is 8.78 Å². The van der Waals surface area contributed by atoms with Gasteiger partial charge in [-0.15, -0.1) is 0 Å². The molecule has 0 amide bonds. The van der Waals surface area contributed by atoms with E-state index < -0.39 is 5.92 Å². The highest BCUT2D eigenvalue weighted by Crippen LogP contribution is 2.32. The van der Waals surface area contributed by atoms with E-state index in [0.717, 1.165) is 40.3 Å². The van der Waals surface area contributed by atoms with Crippen molar-refractivity contribution in [3.63, 3.8) is 0 Å². The minimum absolute atomic E-state index is 0.0247. The maximum absolute atomic E-state index is 14.2. The van der Waals surface area contributed by atoms with Crippen LogP contribution in [-0.2, 0) is 12.5 Å². The average molecular weight is 418 g/mol. The largest absolute Gasteiger partial charge is 0.326 e. The Labute approximate surface area is 181 Å². The Bertz CT molecular complexity index is 1250. The molecule has 0 saturated heterocycles. The van der Waals surface area contributed by atoms with Gasteiger partial charge < -0.3 is 9.88 Å². The number of halogens is 2. The SMILES string of the molecule is C=C(C)c1ccc2c(c1)nc(Nc1ccc(C)cc1)n2Cc1ccccc1C(C)(F)F. The molecule has 0 fully saturated rings. The van der Waals surface area contributed by atoms with E-state index in [0.29, 0.717) is 11.5 Å². The van der Waals surface area contributed by atoms with Gasteiger partial charge in [-0.2, -0.15) is 0 Å². The fourth-order valence-corrected chi connectivity index (χ4v) is 3.67. The highest BCUT2D eigenvalue weighted by Gasteiger charge is 2.27. The van der Waals surface area contributed by atoms with Gasteiger partial charge in [0, 0.05) is 18.2 Å². The number of aromatic nitrogens is 2. The number of hydrogen-bond acceptors (Lipinski definition) is 2. The Kier molecular flexibility index (Phi) is 5.36. The Morgan fingerprint density at radius 1 is 1.06 bits per heavy atom. The van der Waals surface area contributed by atoms with Crippen LogP contribution in [0, 0.1) is 6.92 Å². The van der Waals surface area contributed by atoms with Crippen molar-refractivity contribution in [2.75, 3.05) is 5.32 Å². The molecule has 1 N–H and O–H groups in total. The zero-order chi connectivity index (χ0) is 22.2. The lowest BCUT2D eigenvalue weighted by atomic mass is 10.0. The topological polar surface area (TPSA) is 29.9 Å². The lowest BCUT2D eigenvalue weighted by molar-refractivity contribution is 0.0165. The molecule has 0 aliphatic carbocycles. The molecule has 3 nitrogen and oxygen atoms in total. The molecule has 3 aromatic carbocycles. The van der Waals surface area contributed by atoms with Crippen LogP contribution in [-0.4, -0.2) is 9.55 Å². The number of nitrogens with one attached hydrogen (secondary N) is 1. The zero-order valence-corrected chi connectivity index (χ0v) is 17.9. The molecule has 0 saturated carbocycles. The average Bonchev–Trinajstić information content (AvgIpc) is 3.05. The van der Waals surface area contributed by atoms with Gasteiger partial charge in [0.15, 0.2) is 0 Å². The molecule has 0 bridgehead atoms. The predicted octanol–water partition coefficient (Wildman–Crippen LogP) is 7.28. The summed E-state index contributed by atoms with van der Waals surface area (Å²) in [4.78, 5) is 4.78. The monoisotopic (exact) mass is 417 g/mol. The summed E-state index contributed by atoms with van der Waals surface area (Å²) in [5.74, 6) is -2.32. The fraction of sp³-hybridized carbons (Fsp3) is 0.192. The minimum atomic E-state index is -2.93. The van der Waals surface area contributed by atoms with Gasteiger partial charge in [0.1, 0.15) is 0 Å². The van der Waals surface area contributed by atoms with Crippen LogP contribution in [0.15, 0.2) is 73.3 Å². The molecule has 4 aromatic rings. The van der Waals surface area contributed by atoms with Gasteiger partial charge in [-0.1, -0.05) is 60.2 Å². The second-order valence-corrected chi connectivity index (χ2v) is 8.04. The molecular formula is C26H25F2N3. The van der Waals surface area contributed by atoms with Gasteiger partial charge in [-0.3, -0.25) is 0 Å². The van der Waals surface area contributed by atoms with Crippen molar-refractivity contribution in [2.24, 2.45) is 0 Å². The second-order valence-electron chi connectivity index (χ2n) is 8.04. The summed E-state index contributed by atoms with van der Waals surface area (Å²) in [6, 6.07) is 20.6. The second kappa shape index (κ2) is 7.99. The molecule has 1 heterocycles. The molecule has 4 rings (SSSR count). The summed E-state index contributed by atoms with van der Waals surface area (Å²) >= 11 is 0. The molecule has 158 valence electrons. The van der Waals surface area contributed by atoms with Crippen molar-refractivity contribution in [2.45, 2.75) is 33.2 Å². The zero-order valence-electron chi connectivity index (χ0n) is 17.9. The third kappa shape index (κ3) is 4.36. The van der Waals surface area contributed by atoms with Crippen molar-refractivity contribution in [1.82, 2.24) is 9.55 Å². The van der Waals surface area contributed by atoms with Crippen molar-refractivity contribution in [3.05, 3.63) is 95.6 Å². The summed E-state index contributed by atoms with van der Waals surface area (Å²) in [6.45, 7) is 9.19. The van der Waals surface area contributed by atoms with Gasteiger partial charge in [-0.25, -0.2) is 13.8 Å². The van der Waals surface area contributed by atoms with E-state index in [2.05, 4.69) is 11.9 Å².